The Labute approximate surface area is 83.3 Å². The summed E-state index contributed by atoms with van der Waals surface area (Å²) in [5.41, 5.74) is 0.918. The summed E-state index contributed by atoms with van der Waals surface area (Å²) >= 11 is 8.85. The van der Waals surface area contributed by atoms with Crippen LogP contribution < -0.4 is 0 Å². The Balaban J connectivity index is 3.52. The Hall–Kier alpha value is -0.540. The molecule has 4 heteroatoms. The average Bonchev–Trinajstić information content (AvgIpc) is 2.02. The molecule has 0 spiro atoms. The summed E-state index contributed by atoms with van der Waals surface area (Å²) in [6, 6.07) is 1.55. The number of carbonyl (C=O) groups excluding carboxylic acids is 1. The van der Waals surface area contributed by atoms with Crippen LogP contribution in [0.4, 0.5) is 0 Å². The first-order valence-corrected chi connectivity index (χ1v) is 4.37. The molecule has 0 radical (unpaired) electrons. The van der Waals surface area contributed by atoms with Crippen molar-refractivity contribution in [3.63, 3.8) is 0 Å². The van der Waals surface area contributed by atoms with Gasteiger partial charge in [-0.25, -0.2) is 0 Å². The molecule has 0 bridgehead atoms. The molecule has 1 rings (SSSR count). The molecular weight excluding hydrogens is 243 g/mol. The van der Waals surface area contributed by atoms with E-state index >= 15 is 0 Å². The molecule has 0 aliphatic rings. The zero-order chi connectivity index (χ0) is 9.30. The van der Waals surface area contributed by atoms with E-state index < -0.39 is 0 Å². The Kier molecular flexibility index (Phi) is 2.75. The summed E-state index contributed by atoms with van der Waals surface area (Å²) in [4.78, 5) is 10.5. The number of phenols is 1. The molecule has 0 atom stereocenters. The van der Waals surface area contributed by atoms with Crippen LogP contribution >= 0.6 is 27.5 Å². The third kappa shape index (κ3) is 1.47. The predicted octanol–water partition coefficient (Wildman–Crippen LogP) is 2.93. The third-order valence-electron chi connectivity index (χ3n) is 1.61. The maximum atomic E-state index is 10.5. The summed E-state index contributed by atoms with van der Waals surface area (Å²) in [5.74, 6) is -0.160. The van der Waals surface area contributed by atoms with Gasteiger partial charge in [-0.1, -0.05) is 27.5 Å². The van der Waals surface area contributed by atoms with Crippen molar-refractivity contribution in [3.05, 3.63) is 26.7 Å². The Morgan fingerprint density at radius 2 is 2.25 bits per heavy atom. The number of aromatic hydroxyl groups is 1. The minimum Gasteiger partial charge on any atom is -0.506 e. The van der Waals surface area contributed by atoms with Crippen molar-refractivity contribution >= 4 is 33.8 Å². The molecule has 0 heterocycles. The van der Waals surface area contributed by atoms with Crippen molar-refractivity contribution in [2.45, 2.75) is 6.92 Å². The maximum absolute atomic E-state index is 10.5. The molecule has 0 unspecified atom stereocenters. The molecule has 0 fully saturated rings. The van der Waals surface area contributed by atoms with Crippen molar-refractivity contribution in [2.24, 2.45) is 0 Å². The van der Waals surface area contributed by atoms with Gasteiger partial charge in [0.05, 0.1) is 10.6 Å². The number of halogens is 2. The summed E-state index contributed by atoms with van der Waals surface area (Å²) in [6.07, 6.45) is 0.585. The molecule has 1 aromatic rings. The summed E-state index contributed by atoms with van der Waals surface area (Å²) < 4.78 is 0.715. The van der Waals surface area contributed by atoms with Crippen LogP contribution in [0, 0.1) is 6.92 Å². The second-order valence-electron chi connectivity index (χ2n) is 2.35. The maximum Gasteiger partial charge on any atom is 0.154 e. The van der Waals surface area contributed by atoms with Crippen LogP contribution in [0.2, 0.25) is 5.02 Å². The van der Waals surface area contributed by atoms with Crippen molar-refractivity contribution in [1.29, 1.82) is 0 Å². The average molecular weight is 249 g/mol. The second-order valence-corrected chi connectivity index (χ2v) is 3.61. The van der Waals surface area contributed by atoms with Crippen molar-refractivity contribution in [3.8, 4) is 5.75 Å². The molecule has 1 aromatic carbocycles. The van der Waals surface area contributed by atoms with Crippen LogP contribution in [-0.2, 0) is 0 Å². The summed E-state index contributed by atoms with van der Waals surface area (Å²) in [5, 5.41) is 9.49. The minimum absolute atomic E-state index is 0.160. The van der Waals surface area contributed by atoms with E-state index in [0.29, 0.717) is 16.3 Å². The fraction of sp³-hybridized carbons (Fsp3) is 0.125. The number of benzene rings is 1. The number of carbonyl (C=O) groups is 1. The van der Waals surface area contributed by atoms with E-state index in [1.807, 2.05) is 0 Å². The molecule has 12 heavy (non-hydrogen) atoms. The van der Waals surface area contributed by atoms with E-state index in [1.165, 1.54) is 0 Å². The van der Waals surface area contributed by atoms with Crippen LogP contribution in [0.15, 0.2) is 10.5 Å². The predicted molar refractivity (Wildman–Crippen MR) is 50.9 cm³/mol. The van der Waals surface area contributed by atoms with Gasteiger partial charge in [-0.3, -0.25) is 4.79 Å². The number of hydrogen-bond donors (Lipinski definition) is 1. The fourth-order valence-electron chi connectivity index (χ4n) is 0.867. The molecule has 0 amide bonds. The molecule has 1 N–H and O–H groups in total. The van der Waals surface area contributed by atoms with E-state index in [4.69, 9.17) is 11.6 Å². The molecule has 64 valence electrons. The molecule has 0 aromatic heterocycles. The Morgan fingerprint density at radius 3 is 2.75 bits per heavy atom. The van der Waals surface area contributed by atoms with Crippen LogP contribution in [0.5, 0.6) is 5.75 Å². The topological polar surface area (TPSA) is 37.3 Å². The lowest BCUT2D eigenvalue weighted by atomic mass is 10.1. The van der Waals surface area contributed by atoms with Crippen molar-refractivity contribution in [2.75, 3.05) is 0 Å². The van der Waals surface area contributed by atoms with Gasteiger partial charge in [0, 0.05) is 4.47 Å². The number of hydrogen-bond acceptors (Lipinski definition) is 2. The standard InChI is InChI=1S/C8H6BrClO2/c1-4-5(3-11)8(12)7(10)2-6(4)9/h2-3,12H,1H3. The highest BCUT2D eigenvalue weighted by molar-refractivity contribution is 9.10. The lowest BCUT2D eigenvalue weighted by Gasteiger charge is -2.05. The van der Waals surface area contributed by atoms with E-state index in [-0.39, 0.29) is 16.3 Å². The molecule has 0 aliphatic carbocycles. The quantitative estimate of drug-likeness (QED) is 0.777. The lowest BCUT2D eigenvalue weighted by molar-refractivity contribution is 0.112. The van der Waals surface area contributed by atoms with E-state index in [0.717, 1.165) is 0 Å². The smallest absolute Gasteiger partial charge is 0.154 e. The second kappa shape index (κ2) is 3.46. The number of rotatable bonds is 1. The molecule has 0 aliphatic heterocycles. The van der Waals surface area contributed by atoms with Gasteiger partial charge in [0.1, 0.15) is 5.75 Å². The lowest BCUT2D eigenvalue weighted by Crippen LogP contribution is -1.89. The SMILES string of the molecule is Cc1c(Br)cc(Cl)c(O)c1C=O. The van der Waals surface area contributed by atoms with Gasteiger partial charge in [-0.15, -0.1) is 0 Å². The Morgan fingerprint density at radius 1 is 1.67 bits per heavy atom. The van der Waals surface area contributed by atoms with E-state index in [1.54, 1.807) is 13.0 Å². The van der Waals surface area contributed by atoms with E-state index in [2.05, 4.69) is 15.9 Å². The summed E-state index contributed by atoms with van der Waals surface area (Å²) in [6.45, 7) is 1.73. The van der Waals surface area contributed by atoms with Crippen LogP contribution in [0.25, 0.3) is 0 Å². The molecular formula is C8H6BrClO2. The van der Waals surface area contributed by atoms with Gasteiger partial charge < -0.3 is 5.11 Å². The highest BCUT2D eigenvalue weighted by Gasteiger charge is 2.11. The Bertz CT molecular complexity index is 310. The number of phenolic OH excluding ortho intramolecular Hbond substituents is 1. The van der Waals surface area contributed by atoms with Gasteiger partial charge in [0.25, 0.3) is 0 Å². The molecule has 0 saturated heterocycles. The largest absolute Gasteiger partial charge is 0.506 e. The minimum atomic E-state index is -0.160. The normalized spacial score (nSPS) is 9.92. The molecule has 2 nitrogen and oxygen atoms in total. The number of aldehydes is 1. The highest BCUT2D eigenvalue weighted by atomic mass is 79.9. The van der Waals surface area contributed by atoms with Crippen LogP contribution in [0.1, 0.15) is 15.9 Å². The van der Waals surface area contributed by atoms with Gasteiger partial charge >= 0.3 is 0 Å². The zero-order valence-corrected chi connectivity index (χ0v) is 8.61. The fourth-order valence-corrected chi connectivity index (χ4v) is 1.65. The first kappa shape index (κ1) is 9.55. The van der Waals surface area contributed by atoms with Crippen molar-refractivity contribution < 1.29 is 9.90 Å². The van der Waals surface area contributed by atoms with Crippen LogP contribution in [-0.4, -0.2) is 11.4 Å². The van der Waals surface area contributed by atoms with Crippen molar-refractivity contribution in [1.82, 2.24) is 0 Å². The summed E-state index contributed by atoms with van der Waals surface area (Å²) in [7, 11) is 0. The first-order chi connectivity index (χ1) is 5.57. The molecule has 0 saturated carbocycles. The monoisotopic (exact) mass is 248 g/mol. The zero-order valence-electron chi connectivity index (χ0n) is 6.27. The van der Waals surface area contributed by atoms with Gasteiger partial charge in [-0.05, 0) is 18.6 Å². The third-order valence-corrected chi connectivity index (χ3v) is 2.73. The first-order valence-electron chi connectivity index (χ1n) is 3.20. The van der Waals surface area contributed by atoms with Gasteiger partial charge in [0.15, 0.2) is 6.29 Å². The van der Waals surface area contributed by atoms with Gasteiger partial charge in [-0.2, -0.15) is 0 Å². The van der Waals surface area contributed by atoms with Gasteiger partial charge in [0.2, 0.25) is 0 Å². The van der Waals surface area contributed by atoms with Crippen LogP contribution in [0.3, 0.4) is 0 Å². The van der Waals surface area contributed by atoms with E-state index in [9.17, 15) is 9.90 Å². The highest BCUT2D eigenvalue weighted by Crippen LogP contribution is 2.33.